The van der Waals surface area contributed by atoms with Gasteiger partial charge in [-0.05, 0) is 41.5 Å². The van der Waals surface area contributed by atoms with Gasteiger partial charge in [0.25, 0.3) is 0 Å². The molecule has 0 unspecified atom stereocenters. The van der Waals surface area contributed by atoms with Crippen molar-refractivity contribution in [1.82, 2.24) is 0 Å². The molecule has 3 aromatic carbocycles. The van der Waals surface area contributed by atoms with Crippen LogP contribution in [-0.4, -0.2) is 11.3 Å². The van der Waals surface area contributed by atoms with Crippen LogP contribution in [0.4, 0.5) is 5.69 Å². The van der Waals surface area contributed by atoms with Crippen LogP contribution in [0, 0.1) is 6.92 Å². The molecule has 1 N–H and O–H groups in total. The molecule has 2 nitrogen and oxygen atoms in total. The number of hydrogen-bond donors (Lipinski definition) is 1. The molecular weight excluding hydrogens is 246 g/mol. The Hall–Kier alpha value is -2.61. The summed E-state index contributed by atoms with van der Waals surface area (Å²) in [6.07, 6.45) is 1.73. The van der Waals surface area contributed by atoms with Gasteiger partial charge >= 0.3 is 0 Å². The summed E-state index contributed by atoms with van der Waals surface area (Å²) in [4.78, 5) is 4.46. The number of aliphatic imine (C=N–C) groups is 1. The molecule has 3 rings (SSSR count). The van der Waals surface area contributed by atoms with E-state index in [2.05, 4.69) is 4.99 Å². The molecule has 20 heavy (non-hydrogen) atoms. The zero-order valence-corrected chi connectivity index (χ0v) is 11.2. The summed E-state index contributed by atoms with van der Waals surface area (Å²) in [6.45, 7) is 2.04. The first-order valence-electron chi connectivity index (χ1n) is 6.55. The lowest BCUT2D eigenvalue weighted by Crippen LogP contribution is -1.85. The summed E-state index contributed by atoms with van der Waals surface area (Å²) < 4.78 is 0. The highest BCUT2D eigenvalue weighted by atomic mass is 16.3. The predicted octanol–water partition coefficient (Wildman–Crippen LogP) is 4.60. The van der Waals surface area contributed by atoms with E-state index in [0.717, 1.165) is 22.0 Å². The standard InChI is InChI=1S/C18H15NO/c1-13-5-4-7-15(11-13)19-12-17-16-8-3-2-6-14(16)9-10-18(17)20/h2-12,20H,1H3. The second-order valence-corrected chi connectivity index (χ2v) is 4.82. The fourth-order valence-corrected chi connectivity index (χ4v) is 2.27. The quantitative estimate of drug-likeness (QED) is 0.671. The Labute approximate surface area is 118 Å². The third kappa shape index (κ3) is 2.41. The smallest absolute Gasteiger partial charge is 0.124 e. The lowest BCUT2D eigenvalue weighted by atomic mass is 10.0. The number of phenols is 1. The molecule has 0 saturated carbocycles. The second-order valence-electron chi connectivity index (χ2n) is 4.82. The Morgan fingerprint density at radius 2 is 1.80 bits per heavy atom. The van der Waals surface area contributed by atoms with Gasteiger partial charge in [0, 0.05) is 11.8 Å². The van der Waals surface area contributed by atoms with E-state index in [1.807, 2.05) is 61.5 Å². The van der Waals surface area contributed by atoms with Crippen molar-refractivity contribution >= 4 is 22.7 Å². The molecule has 98 valence electrons. The molecule has 0 amide bonds. The molecule has 0 aromatic heterocycles. The van der Waals surface area contributed by atoms with E-state index >= 15 is 0 Å². The fourth-order valence-electron chi connectivity index (χ4n) is 2.27. The van der Waals surface area contributed by atoms with Crippen LogP contribution in [0.1, 0.15) is 11.1 Å². The lowest BCUT2D eigenvalue weighted by molar-refractivity contribution is 0.475. The van der Waals surface area contributed by atoms with Crippen molar-refractivity contribution in [2.45, 2.75) is 6.92 Å². The number of fused-ring (bicyclic) bond motifs is 1. The van der Waals surface area contributed by atoms with Crippen molar-refractivity contribution in [1.29, 1.82) is 0 Å². The summed E-state index contributed by atoms with van der Waals surface area (Å²) in [5, 5.41) is 12.1. The summed E-state index contributed by atoms with van der Waals surface area (Å²) >= 11 is 0. The van der Waals surface area contributed by atoms with Crippen molar-refractivity contribution < 1.29 is 5.11 Å². The highest BCUT2D eigenvalue weighted by Gasteiger charge is 2.04. The van der Waals surface area contributed by atoms with Gasteiger partial charge in [-0.2, -0.15) is 0 Å². The summed E-state index contributed by atoms with van der Waals surface area (Å²) in [6, 6.07) is 19.6. The molecule has 0 atom stereocenters. The first-order valence-corrected chi connectivity index (χ1v) is 6.55. The van der Waals surface area contributed by atoms with Gasteiger partial charge in [0.2, 0.25) is 0 Å². The van der Waals surface area contributed by atoms with Crippen molar-refractivity contribution in [3.8, 4) is 5.75 Å². The minimum atomic E-state index is 0.250. The normalized spacial score (nSPS) is 11.2. The second kappa shape index (κ2) is 5.17. The third-order valence-electron chi connectivity index (χ3n) is 3.29. The Morgan fingerprint density at radius 3 is 2.65 bits per heavy atom. The maximum atomic E-state index is 10.0. The molecule has 0 bridgehead atoms. The van der Waals surface area contributed by atoms with Crippen molar-refractivity contribution in [2.75, 3.05) is 0 Å². The average Bonchev–Trinajstić information content (AvgIpc) is 2.46. The minimum Gasteiger partial charge on any atom is -0.507 e. The largest absolute Gasteiger partial charge is 0.507 e. The van der Waals surface area contributed by atoms with Gasteiger partial charge < -0.3 is 5.11 Å². The van der Waals surface area contributed by atoms with Crippen LogP contribution in [0.25, 0.3) is 10.8 Å². The predicted molar refractivity (Wildman–Crippen MR) is 84.0 cm³/mol. The molecule has 0 aliphatic carbocycles. The van der Waals surface area contributed by atoms with E-state index in [1.54, 1.807) is 12.3 Å². The molecule has 2 heteroatoms. The molecule has 0 aliphatic rings. The first-order chi connectivity index (χ1) is 9.74. The number of hydrogen-bond acceptors (Lipinski definition) is 2. The minimum absolute atomic E-state index is 0.250. The summed E-state index contributed by atoms with van der Waals surface area (Å²) in [5.41, 5.74) is 2.81. The highest BCUT2D eigenvalue weighted by Crippen LogP contribution is 2.26. The number of aromatic hydroxyl groups is 1. The summed E-state index contributed by atoms with van der Waals surface area (Å²) in [7, 11) is 0. The SMILES string of the molecule is Cc1cccc(N=Cc2c(O)ccc3ccccc23)c1. The molecule has 0 spiro atoms. The van der Waals surface area contributed by atoms with E-state index in [-0.39, 0.29) is 5.75 Å². The highest BCUT2D eigenvalue weighted by molar-refractivity contribution is 6.02. The van der Waals surface area contributed by atoms with Gasteiger partial charge in [-0.15, -0.1) is 0 Å². The molecule has 0 saturated heterocycles. The van der Waals surface area contributed by atoms with Crippen molar-refractivity contribution in [3.05, 3.63) is 71.8 Å². The average molecular weight is 261 g/mol. The van der Waals surface area contributed by atoms with Crippen LogP contribution in [0.15, 0.2) is 65.7 Å². The van der Waals surface area contributed by atoms with Crippen molar-refractivity contribution in [3.63, 3.8) is 0 Å². The monoisotopic (exact) mass is 261 g/mol. The van der Waals surface area contributed by atoms with E-state index < -0.39 is 0 Å². The third-order valence-corrected chi connectivity index (χ3v) is 3.29. The van der Waals surface area contributed by atoms with Gasteiger partial charge in [0.15, 0.2) is 0 Å². The topological polar surface area (TPSA) is 32.6 Å². The van der Waals surface area contributed by atoms with E-state index in [0.29, 0.717) is 0 Å². The molecule has 0 heterocycles. The van der Waals surface area contributed by atoms with Crippen LogP contribution in [0.5, 0.6) is 5.75 Å². The van der Waals surface area contributed by atoms with Gasteiger partial charge in [0.1, 0.15) is 5.75 Å². The van der Waals surface area contributed by atoms with Crippen LogP contribution in [0.3, 0.4) is 0 Å². The van der Waals surface area contributed by atoms with Crippen LogP contribution in [-0.2, 0) is 0 Å². The van der Waals surface area contributed by atoms with Gasteiger partial charge in [-0.3, -0.25) is 4.99 Å². The maximum absolute atomic E-state index is 10.0. The molecule has 3 aromatic rings. The number of phenolic OH excluding ortho intramolecular Hbond substituents is 1. The molecule has 0 fully saturated rings. The number of rotatable bonds is 2. The van der Waals surface area contributed by atoms with Gasteiger partial charge in [-0.1, -0.05) is 42.5 Å². The summed E-state index contributed by atoms with van der Waals surface area (Å²) in [5.74, 6) is 0.250. The van der Waals surface area contributed by atoms with Crippen LogP contribution in [0.2, 0.25) is 0 Å². The van der Waals surface area contributed by atoms with Crippen molar-refractivity contribution in [2.24, 2.45) is 4.99 Å². The molecule has 0 aliphatic heterocycles. The number of benzene rings is 3. The fraction of sp³-hybridized carbons (Fsp3) is 0.0556. The molecular formula is C18H15NO. The maximum Gasteiger partial charge on any atom is 0.124 e. The Morgan fingerprint density at radius 1 is 0.950 bits per heavy atom. The van der Waals surface area contributed by atoms with E-state index in [1.165, 1.54) is 5.56 Å². The van der Waals surface area contributed by atoms with Crippen LogP contribution >= 0.6 is 0 Å². The Kier molecular flexibility index (Phi) is 3.21. The molecule has 0 radical (unpaired) electrons. The van der Waals surface area contributed by atoms with Gasteiger partial charge in [-0.25, -0.2) is 0 Å². The number of aryl methyl sites for hydroxylation is 1. The first kappa shape index (κ1) is 12.4. The Bertz CT molecular complexity index is 790. The van der Waals surface area contributed by atoms with Crippen LogP contribution < -0.4 is 0 Å². The lowest BCUT2D eigenvalue weighted by Gasteiger charge is -2.04. The zero-order valence-electron chi connectivity index (χ0n) is 11.2. The Balaban J connectivity index is 2.08. The number of nitrogens with zero attached hydrogens (tertiary/aromatic N) is 1. The van der Waals surface area contributed by atoms with E-state index in [9.17, 15) is 5.11 Å². The zero-order chi connectivity index (χ0) is 13.9. The van der Waals surface area contributed by atoms with E-state index in [4.69, 9.17) is 0 Å². The van der Waals surface area contributed by atoms with Gasteiger partial charge in [0.05, 0.1) is 5.69 Å².